The van der Waals surface area contributed by atoms with Gasteiger partial charge in [0, 0.05) is 48.6 Å². The van der Waals surface area contributed by atoms with E-state index in [-0.39, 0.29) is 10.8 Å². The van der Waals surface area contributed by atoms with Crippen LogP contribution < -0.4 is 19.5 Å². The molecule has 2 aromatic carbocycles. The molecule has 8 nitrogen and oxygen atoms in total. The van der Waals surface area contributed by atoms with Gasteiger partial charge in [-0.25, -0.2) is 8.42 Å². The van der Waals surface area contributed by atoms with E-state index in [2.05, 4.69) is 15.0 Å². The summed E-state index contributed by atoms with van der Waals surface area (Å²) in [5, 5.41) is 2.83. The molecule has 0 atom stereocenters. The number of ether oxygens (including phenoxy) is 2. The molecule has 1 aliphatic rings. The molecule has 0 radical (unpaired) electrons. The lowest BCUT2D eigenvalue weighted by atomic mass is 10.2. The standard InChI is InChI=1S/C23H23N3O5S/c27-23(25-13-11-18-4-1-2-12-24-18)17-5-7-19(8-6-17)26-32(28,29)20-9-10-21-22(16-20)31-15-3-14-30-21/h1-2,4-10,12,16,26H,3,11,13-15H2,(H,25,27). The van der Waals surface area contributed by atoms with Crippen LogP contribution in [0.1, 0.15) is 22.5 Å². The Morgan fingerprint density at radius 1 is 0.969 bits per heavy atom. The van der Waals surface area contributed by atoms with E-state index in [0.717, 1.165) is 12.1 Å². The monoisotopic (exact) mass is 453 g/mol. The number of nitrogens with zero attached hydrogens (tertiary/aromatic N) is 1. The number of aromatic nitrogens is 1. The summed E-state index contributed by atoms with van der Waals surface area (Å²) in [5.41, 5.74) is 1.68. The largest absolute Gasteiger partial charge is 0.490 e. The number of rotatable bonds is 7. The smallest absolute Gasteiger partial charge is 0.262 e. The first-order chi connectivity index (χ1) is 15.5. The van der Waals surface area contributed by atoms with Gasteiger partial charge in [-0.2, -0.15) is 0 Å². The van der Waals surface area contributed by atoms with Crippen LogP contribution in [0.2, 0.25) is 0 Å². The summed E-state index contributed by atoms with van der Waals surface area (Å²) >= 11 is 0. The van der Waals surface area contributed by atoms with Crippen molar-refractivity contribution in [3.63, 3.8) is 0 Å². The van der Waals surface area contributed by atoms with Gasteiger partial charge in [-0.3, -0.25) is 14.5 Å². The van der Waals surface area contributed by atoms with Gasteiger partial charge in [-0.15, -0.1) is 0 Å². The molecule has 2 N–H and O–H groups in total. The Morgan fingerprint density at radius 2 is 1.75 bits per heavy atom. The van der Waals surface area contributed by atoms with Gasteiger partial charge in [0.15, 0.2) is 11.5 Å². The zero-order chi connectivity index (χ0) is 22.4. The predicted octanol–water partition coefficient (Wildman–Crippen LogP) is 3.02. The molecule has 2 heterocycles. The number of sulfonamides is 1. The molecule has 32 heavy (non-hydrogen) atoms. The molecule has 166 valence electrons. The van der Waals surface area contributed by atoms with Gasteiger partial charge in [0.25, 0.3) is 15.9 Å². The highest BCUT2D eigenvalue weighted by atomic mass is 32.2. The number of fused-ring (bicyclic) bond motifs is 1. The summed E-state index contributed by atoms with van der Waals surface area (Å²) in [7, 11) is -3.83. The topological polar surface area (TPSA) is 107 Å². The van der Waals surface area contributed by atoms with Crippen LogP contribution in [0, 0.1) is 0 Å². The van der Waals surface area contributed by atoms with E-state index < -0.39 is 10.0 Å². The number of amides is 1. The fourth-order valence-corrected chi connectivity index (χ4v) is 4.24. The first kappa shape index (κ1) is 21.6. The van der Waals surface area contributed by atoms with Gasteiger partial charge in [0.05, 0.1) is 18.1 Å². The maximum Gasteiger partial charge on any atom is 0.262 e. The van der Waals surface area contributed by atoms with Crippen molar-refractivity contribution in [2.45, 2.75) is 17.7 Å². The third kappa shape index (κ3) is 5.36. The number of nitrogens with one attached hydrogen (secondary N) is 2. The van der Waals surface area contributed by atoms with E-state index in [9.17, 15) is 13.2 Å². The third-order valence-electron chi connectivity index (χ3n) is 4.82. The van der Waals surface area contributed by atoms with E-state index >= 15 is 0 Å². The van der Waals surface area contributed by atoms with Crippen molar-refractivity contribution in [2.75, 3.05) is 24.5 Å². The molecule has 0 aliphatic carbocycles. The molecule has 9 heteroatoms. The Kier molecular flexibility index (Phi) is 6.55. The van der Waals surface area contributed by atoms with Crippen LogP contribution in [0.25, 0.3) is 0 Å². The molecule has 0 saturated heterocycles. The van der Waals surface area contributed by atoms with Crippen LogP contribution in [-0.2, 0) is 16.4 Å². The van der Waals surface area contributed by atoms with Crippen LogP contribution in [-0.4, -0.2) is 39.1 Å². The molecular weight excluding hydrogens is 430 g/mol. The van der Waals surface area contributed by atoms with E-state index in [1.54, 1.807) is 36.5 Å². The highest BCUT2D eigenvalue weighted by Gasteiger charge is 2.19. The average Bonchev–Trinajstić information content (AvgIpc) is 3.05. The maximum absolute atomic E-state index is 12.8. The number of pyridine rings is 1. The quantitative estimate of drug-likeness (QED) is 0.570. The van der Waals surface area contributed by atoms with Crippen LogP contribution in [0.3, 0.4) is 0 Å². The zero-order valence-electron chi connectivity index (χ0n) is 17.3. The Hall–Kier alpha value is -3.59. The van der Waals surface area contributed by atoms with Crippen LogP contribution in [0.5, 0.6) is 11.5 Å². The van der Waals surface area contributed by atoms with Crippen molar-refractivity contribution < 1.29 is 22.7 Å². The van der Waals surface area contributed by atoms with Crippen molar-refractivity contribution in [1.29, 1.82) is 0 Å². The van der Waals surface area contributed by atoms with Crippen molar-refractivity contribution in [2.24, 2.45) is 0 Å². The minimum Gasteiger partial charge on any atom is -0.490 e. The molecule has 1 aliphatic heterocycles. The fourth-order valence-electron chi connectivity index (χ4n) is 3.17. The number of anilines is 1. The number of hydrogen-bond acceptors (Lipinski definition) is 6. The van der Waals surface area contributed by atoms with E-state index in [4.69, 9.17) is 9.47 Å². The molecule has 0 spiro atoms. The number of carbonyl (C=O) groups is 1. The second-order valence-corrected chi connectivity index (χ2v) is 8.85. The molecule has 1 amide bonds. The van der Waals surface area contributed by atoms with E-state index in [1.807, 2.05) is 18.2 Å². The van der Waals surface area contributed by atoms with Gasteiger partial charge in [0.1, 0.15) is 0 Å². The lowest BCUT2D eigenvalue weighted by molar-refractivity contribution is 0.0954. The second kappa shape index (κ2) is 9.69. The molecule has 0 unspecified atom stereocenters. The van der Waals surface area contributed by atoms with Crippen molar-refractivity contribution in [1.82, 2.24) is 10.3 Å². The number of benzene rings is 2. The lowest BCUT2D eigenvalue weighted by Gasteiger charge is -2.12. The Labute approximate surface area is 186 Å². The normalized spacial score (nSPS) is 13.1. The Bertz CT molecular complexity index is 1180. The Balaban J connectivity index is 1.37. The fraction of sp³-hybridized carbons (Fsp3) is 0.217. The predicted molar refractivity (Wildman–Crippen MR) is 120 cm³/mol. The lowest BCUT2D eigenvalue weighted by Crippen LogP contribution is -2.25. The van der Waals surface area contributed by atoms with Gasteiger partial charge in [0.2, 0.25) is 0 Å². The van der Waals surface area contributed by atoms with Crippen LogP contribution >= 0.6 is 0 Å². The van der Waals surface area contributed by atoms with Crippen LogP contribution in [0.15, 0.2) is 71.8 Å². The SMILES string of the molecule is O=C(NCCc1ccccn1)c1ccc(NS(=O)(=O)c2ccc3c(c2)OCCCO3)cc1. The van der Waals surface area contributed by atoms with Crippen molar-refractivity contribution in [3.8, 4) is 11.5 Å². The van der Waals surface area contributed by atoms with Gasteiger partial charge < -0.3 is 14.8 Å². The first-order valence-electron chi connectivity index (χ1n) is 10.2. The summed E-state index contributed by atoms with van der Waals surface area (Å²) in [5.74, 6) is 0.696. The van der Waals surface area contributed by atoms with Crippen molar-refractivity contribution in [3.05, 3.63) is 78.1 Å². The van der Waals surface area contributed by atoms with Gasteiger partial charge >= 0.3 is 0 Å². The molecule has 4 rings (SSSR count). The minimum atomic E-state index is -3.83. The second-order valence-electron chi connectivity index (χ2n) is 7.17. The highest BCUT2D eigenvalue weighted by molar-refractivity contribution is 7.92. The minimum absolute atomic E-state index is 0.0677. The summed E-state index contributed by atoms with van der Waals surface area (Å²) in [4.78, 5) is 16.6. The third-order valence-corrected chi connectivity index (χ3v) is 6.20. The summed E-state index contributed by atoms with van der Waals surface area (Å²) in [6.45, 7) is 1.45. The molecule has 3 aromatic rings. The van der Waals surface area contributed by atoms with E-state index in [1.165, 1.54) is 12.1 Å². The van der Waals surface area contributed by atoms with Crippen LogP contribution in [0.4, 0.5) is 5.69 Å². The van der Waals surface area contributed by atoms with E-state index in [0.29, 0.717) is 48.9 Å². The molecular formula is C23H23N3O5S. The highest BCUT2D eigenvalue weighted by Crippen LogP contribution is 2.32. The molecule has 0 saturated carbocycles. The summed E-state index contributed by atoms with van der Waals surface area (Å²) in [6, 6.07) is 16.4. The number of hydrogen-bond donors (Lipinski definition) is 2. The molecule has 0 fully saturated rings. The Morgan fingerprint density at radius 3 is 2.50 bits per heavy atom. The van der Waals surface area contributed by atoms with Gasteiger partial charge in [-0.05, 0) is 48.5 Å². The van der Waals surface area contributed by atoms with Crippen molar-refractivity contribution >= 4 is 21.6 Å². The zero-order valence-corrected chi connectivity index (χ0v) is 18.1. The van der Waals surface area contributed by atoms with Gasteiger partial charge in [-0.1, -0.05) is 6.07 Å². The number of carbonyl (C=O) groups excluding carboxylic acids is 1. The first-order valence-corrected chi connectivity index (χ1v) is 11.7. The summed E-state index contributed by atoms with van der Waals surface area (Å²) in [6.07, 6.45) is 3.07. The maximum atomic E-state index is 12.8. The average molecular weight is 454 g/mol. The summed E-state index contributed by atoms with van der Waals surface area (Å²) < 4.78 is 39.2. The molecule has 1 aromatic heterocycles. The molecule has 0 bridgehead atoms.